The molecule has 9 heteroatoms. The molecule has 1 aromatic rings. The molecule has 0 bridgehead atoms. The SMILES string of the molecule is CC(C)C[C@H](NC(=O)[C@H](Cc1cnc[nH]1)NC(=O)[C@H](C)N)C(=O)O. The lowest BCUT2D eigenvalue weighted by Gasteiger charge is -2.22. The minimum Gasteiger partial charge on any atom is -0.480 e. The molecule has 0 fully saturated rings. The number of carboxylic acids is 1. The Labute approximate surface area is 140 Å². The van der Waals surface area contributed by atoms with Crippen LogP contribution in [0.2, 0.25) is 0 Å². The van der Waals surface area contributed by atoms with Gasteiger partial charge in [0.25, 0.3) is 0 Å². The number of carbonyl (C=O) groups excluding carboxylic acids is 2. The number of nitrogens with one attached hydrogen (secondary N) is 3. The second kappa shape index (κ2) is 9.02. The number of nitrogens with zero attached hydrogens (tertiary/aromatic N) is 1. The molecule has 2 amide bonds. The standard InChI is InChI=1S/C15H25N5O4/c1-8(2)4-12(15(23)24)20-14(22)11(19-13(21)9(3)16)5-10-6-17-7-18-10/h6-9,11-12H,4-5,16H2,1-3H3,(H,17,18)(H,19,21)(H,20,22)(H,23,24)/t9-,11-,12-/m0/s1. The molecule has 0 aliphatic heterocycles. The number of aromatic amines is 1. The number of hydrogen-bond acceptors (Lipinski definition) is 5. The zero-order valence-electron chi connectivity index (χ0n) is 14.1. The first-order chi connectivity index (χ1) is 11.2. The van der Waals surface area contributed by atoms with Crippen molar-refractivity contribution in [1.29, 1.82) is 0 Å². The number of carbonyl (C=O) groups is 3. The third-order valence-electron chi connectivity index (χ3n) is 3.35. The topological polar surface area (TPSA) is 150 Å². The first-order valence-electron chi connectivity index (χ1n) is 7.77. The molecule has 1 rings (SSSR count). The average molecular weight is 339 g/mol. The highest BCUT2D eigenvalue weighted by Crippen LogP contribution is 2.06. The maximum atomic E-state index is 12.5. The molecule has 0 spiro atoms. The number of amides is 2. The summed E-state index contributed by atoms with van der Waals surface area (Å²) in [5.74, 6) is -2.09. The van der Waals surface area contributed by atoms with Crippen LogP contribution in [0.3, 0.4) is 0 Å². The number of aromatic nitrogens is 2. The van der Waals surface area contributed by atoms with E-state index in [0.29, 0.717) is 12.1 Å². The van der Waals surface area contributed by atoms with Crippen molar-refractivity contribution >= 4 is 17.8 Å². The first kappa shape index (κ1) is 19.6. The summed E-state index contributed by atoms with van der Waals surface area (Å²) in [7, 11) is 0. The molecule has 1 heterocycles. The summed E-state index contributed by atoms with van der Waals surface area (Å²) in [6.45, 7) is 5.23. The molecular weight excluding hydrogens is 314 g/mol. The van der Waals surface area contributed by atoms with E-state index in [1.807, 2.05) is 13.8 Å². The van der Waals surface area contributed by atoms with Crippen molar-refractivity contribution < 1.29 is 19.5 Å². The summed E-state index contributed by atoms with van der Waals surface area (Å²) in [6.07, 6.45) is 3.43. The Hall–Kier alpha value is -2.42. The van der Waals surface area contributed by atoms with Crippen LogP contribution in [-0.2, 0) is 20.8 Å². The fraction of sp³-hybridized carbons (Fsp3) is 0.600. The molecule has 0 saturated carbocycles. The Morgan fingerprint density at radius 3 is 2.29 bits per heavy atom. The van der Waals surface area contributed by atoms with Crippen LogP contribution in [0.15, 0.2) is 12.5 Å². The van der Waals surface area contributed by atoms with Crippen LogP contribution < -0.4 is 16.4 Å². The van der Waals surface area contributed by atoms with Crippen LogP contribution in [0.5, 0.6) is 0 Å². The highest BCUT2D eigenvalue weighted by molar-refractivity contribution is 5.91. The van der Waals surface area contributed by atoms with E-state index in [2.05, 4.69) is 20.6 Å². The van der Waals surface area contributed by atoms with Crippen molar-refractivity contribution in [2.24, 2.45) is 11.7 Å². The second-order valence-corrected chi connectivity index (χ2v) is 6.16. The summed E-state index contributed by atoms with van der Waals surface area (Å²) >= 11 is 0. The van der Waals surface area contributed by atoms with Crippen molar-refractivity contribution in [3.63, 3.8) is 0 Å². The molecule has 0 saturated heterocycles. The van der Waals surface area contributed by atoms with Crippen LogP contribution >= 0.6 is 0 Å². The molecular formula is C15H25N5O4. The average Bonchev–Trinajstić information content (AvgIpc) is 2.97. The van der Waals surface area contributed by atoms with Crippen molar-refractivity contribution in [3.8, 4) is 0 Å². The third kappa shape index (κ3) is 6.37. The van der Waals surface area contributed by atoms with Crippen molar-refractivity contribution in [2.45, 2.75) is 51.7 Å². The van der Waals surface area contributed by atoms with Crippen LogP contribution in [0.4, 0.5) is 0 Å². The van der Waals surface area contributed by atoms with E-state index in [1.165, 1.54) is 19.4 Å². The lowest BCUT2D eigenvalue weighted by molar-refractivity contribution is -0.142. The van der Waals surface area contributed by atoms with Crippen molar-refractivity contribution in [3.05, 3.63) is 18.2 Å². The van der Waals surface area contributed by atoms with Crippen LogP contribution in [0.25, 0.3) is 0 Å². The monoisotopic (exact) mass is 339 g/mol. The van der Waals surface area contributed by atoms with E-state index in [0.717, 1.165) is 0 Å². The third-order valence-corrected chi connectivity index (χ3v) is 3.35. The van der Waals surface area contributed by atoms with Gasteiger partial charge in [-0.2, -0.15) is 0 Å². The molecule has 9 nitrogen and oxygen atoms in total. The lowest BCUT2D eigenvalue weighted by Crippen LogP contribution is -2.55. The summed E-state index contributed by atoms with van der Waals surface area (Å²) in [5, 5.41) is 14.3. The highest BCUT2D eigenvalue weighted by atomic mass is 16.4. The number of rotatable bonds is 9. The Morgan fingerprint density at radius 2 is 1.83 bits per heavy atom. The maximum Gasteiger partial charge on any atom is 0.326 e. The number of imidazole rings is 1. The number of carboxylic acid groups (broad SMARTS) is 1. The predicted octanol–water partition coefficient (Wildman–Crippen LogP) is -0.600. The van der Waals surface area contributed by atoms with Crippen molar-refractivity contribution in [1.82, 2.24) is 20.6 Å². The predicted molar refractivity (Wildman–Crippen MR) is 86.9 cm³/mol. The van der Waals surface area contributed by atoms with Gasteiger partial charge in [-0.3, -0.25) is 9.59 Å². The van der Waals surface area contributed by atoms with Gasteiger partial charge in [-0.1, -0.05) is 13.8 Å². The molecule has 0 aliphatic rings. The number of H-pyrrole nitrogens is 1. The zero-order valence-corrected chi connectivity index (χ0v) is 14.1. The largest absolute Gasteiger partial charge is 0.480 e. The van der Waals surface area contributed by atoms with Crippen LogP contribution in [0.1, 0.15) is 32.9 Å². The van der Waals surface area contributed by atoms with Gasteiger partial charge in [0.05, 0.1) is 12.4 Å². The summed E-state index contributed by atoms with van der Waals surface area (Å²) in [5.41, 5.74) is 6.15. The molecule has 134 valence electrons. The maximum absolute atomic E-state index is 12.5. The molecule has 3 atom stereocenters. The van der Waals surface area contributed by atoms with E-state index in [-0.39, 0.29) is 12.3 Å². The lowest BCUT2D eigenvalue weighted by atomic mass is 10.0. The fourth-order valence-corrected chi connectivity index (χ4v) is 2.09. The molecule has 0 aromatic carbocycles. The van der Waals surface area contributed by atoms with Crippen LogP contribution in [-0.4, -0.2) is 51.0 Å². The van der Waals surface area contributed by atoms with Gasteiger partial charge in [-0.15, -0.1) is 0 Å². The molecule has 0 radical (unpaired) electrons. The molecule has 6 N–H and O–H groups in total. The molecule has 0 unspecified atom stereocenters. The van der Waals surface area contributed by atoms with Gasteiger partial charge in [0.15, 0.2) is 0 Å². The number of hydrogen-bond donors (Lipinski definition) is 5. The minimum absolute atomic E-state index is 0.0936. The minimum atomic E-state index is -1.11. The second-order valence-electron chi connectivity index (χ2n) is 6.16. The summed E-state index contributed by atoms with van der Waals surface area (Å²) < 4.78 is 0. The Bertz CT molecular complexity index is 556. The van der Waals surface area contributed by atoms with Gasteiger partial charge in [-0.05, 0) is 19.3 Å². The smallest absolute Gasteiger partial charge is 0.326 e. The van der Waals surface area contributed by atoms with E-state index < -0.39 is 35.9 Å². The summed E-state index contributed by atoms with van der Waals surface area (Å²) in [6, 6.07) is -2.75. The number of nitrogens with two attached hydrogens (primary N) is 1. The Kier molecular flexibility index (Phi) is 7.37. The van der Waals surface area contributed by atoms with Gasteiger partial charge in [0.1, 0.15) is 12.1 Å². The molecule has 0 aliphatic carbocycles. The van der Waals surface area contributed by atoms with Gasteiger partial charge in [0.2, 0.25) is 11.8 Å². The van der Waals surface area contributed by atoms with Gasteiger partial charge < -0.3 is 26.5 Å². The first-order valence-corrected chi connectivity index (χ1v) is 7.77. The van der Waals surface area contributed by atoms with E-state index in [9.17, 15) is 19.5 Å². The summed E-state index contributed by atoms with van der Waals surface area (Å²) in [4.78, 5) is 42.3. The highest BCUT2D eigenvalue weighted by Gasteiger charge is 2.28. The Morgan fingerprint density at radius 1 is 1.21 bits per heavy atom. The van der Waals surface area contributed by atoms with Crippen LogP contribution in [0, 0.1) is 5.92 Å². The van der Waals surface area contributed by atoms with Crippen molar-refractivity contribution in [2.75, 3.05) is 0 Å². The number of aliphatic carboxylic acids is 1. The normalized spacial score (nSPS) is 14.7. The Balaban J connectivity index is 2.84. The van der Waals surface area contributed by atoms with E-state index in [1.54, 1.807) is 0 Å². The molecule has 1 aromatic heterocycles. The quantitative estimate of drug-likeness (QED) is 0.405. The molecule has 24 heavy (non-hydrogen) atoms. The van der Waals surface area contributed by atoms with Gasteiger partial charge >= 0.3 is 5.97 Å². The van der Waals surface area contributed by atoms with Gasteiger partial charge in [0, 0.05) is 18.3 Å². The zero-order chi connectivity index (χ0) is 18.3. The van der Waals surface area contributed by atoms with Gasteiger partial charge in [-0.25, -0.2) is 9.78 Å². The fourth-order valence-electron chi connectivity index (χ4n) is 2.09. The van der Waals surface area contributed by atoms with E-state index >= 15 is 0 Å². The van der Waals surface area contributed by atoms with E-state index in [4.69, 9.17) is 5.73 Å².